The zero-order valence-electron chi connectivity index (χ0n) is 12.4. The third-order valence-electron chi connectivity index (χ3n) is 3.17. The number of aryl methyl sites for hydroxylation is 1. The number of hydrogen-bond acceptors (Lipinski definition) is 6. The first-order valence-corrected chi connectivity index (χ1v) is 8.10. The summed E-state index contributed by atoms with van der Waals surface area (Å²) in [7, 11) is 0. The lowest BCUT2D eigenvalue weighted by Gasteiger charge is -2.03. The molecule has 9 heteroatoms. The number of amides is 1. The molecule has 7 nitrogen and oxygen atoms in total. The average molecular weight is 349 g/mol. The molecule has 0 spiro atoms. The van der Waals surface area contributed by atoms with Crippen molar-refractivity contribution in [1.82, 2.24) is 25.2 Å². The van der Waals surface area contributed by atoms with E-state index >= 15 is 0 Å². The molecule has 23 heavy (non-hydrogen) atoms. The second-order valence-electron chi connectivity index (χ2n) is 4.72. The highest BCUT2D eigenvalue weighted by molar-refractivity contribution is 7.15. The van der Waals surface area contributed by atoms with E-state index in [1.54, 1.807) is 23.7 Å². The molecular formula is C14H13ClN6OS. The largest absolute Gasteiger partial charge is 0.295 e. The Balaban J connectivity index is 1.83. The van der Waals surface area contributed by atoms with E-state index in [4.69, 9.17) is 11.6 Å². The van der Waals surface area contributed by atoms with Gasteiger partial charge in [-0.25, -0.2) is 4.68 Å². The number of carbonyl (C=O) groups is 1. The second kappa shape index (κ2) is 6.43. The molecule has 1 aromatic carbocycles. The summed E-state index contributed by atoms with van der Waals surface area (Å²) in [6.07, 6.45) is 0.777. The molecule has 0 bridgehead atoms. The van der Waals surface area contributed by atoms with Crippen molar-refractivity contribution in [3.63, 3.8) is 0 Å². The Morgan fingerprint density at radius 1 is 1.26 bits per heavy atom. The van der Waals surface area contributed by atoms with E-state index in [0.29, 0.717) is 15.8 Å². The van der Waals surface area contributed by atoms with Gasteiger partial charge in [0, 0.05) is 5.02 Å². The molecule has 2 heterocycles. The highest BCUT2D eigenvalue weighted by Crippen LogP contribution is 2.18. The Labute approximate surface area is 141 Å². The van der Waals surface area contributed by atoms with Crippen LogP contribution in [0.5, 0.6) is 0 Å². The lowest BCUT2D eigenvalue weighted by molar-refractivity contribution is 0.102. The fourth-order valence-electron chi connectivity index (χ4n) is 1.97. The second-order valence-corrected chi connectivity index (χ2v) is 6.22. The molecule has 1 N–H and O–H groups in total. The van der Waals surface area contributed by atoms with Crippen LogP contribution in [0.25, 0.3) is 5.69 Å². The molecule has 2 aromatic heterocycles. The van der Waals surface area contributed by atoms with Crippen LogP contribution in [-0.2, 0) is 6.42 Å². The van der Waals surface area contributed by atoms with Gasteiger partial charge in [-0.1, -0.05) is 35.1 Å². The third kappa shape index (κ3) is 3.22. The quantitative estimate of drug-likeness (QED) is 0.783. The molecule has 3 rings (SSSR count). The molecule has 0 aliphatic heterocycles. The zero-order valence-corrected chi connectivity index (χ0v) is 14.0. The van der Waals surface area contributed by atoms with Gasteiger partial charge in [0.05, 0.1) is 11.4 Å². The minimum absolute atomic E-state index is 0.244. The first kappa shape index (κ1) is 15.6. The molecular weight excluding hydrogens is 336 g/mol. The van der Waals surface area contributed by atoms with E-state index in [9.17, 15) is 4.79 Å². The number of aromatic nitrogens is 5. The van der Waals surface area contributed by atoms with Crippen LogP contribution in [-0.4, -0.2) is 31.1 Å². The zero-order chi connectivity index (χ0) is 16.4. The summed E-state index contributed by atoms with van der Waals surface area (Å²) in [5, 5.41) is 20.5. The van der Waals surface area contributed by atoms with Crippen molar-refractivity contribution in [3.05, 3.63) is 45.7 Å². The molecule has 0 saturated carbocycles. The molecule has 0 unspecified atom stereocenters. The number of nitrogens with one attached hydrogen (secondary N) is 1. The fraction of sp³-hybridized carbons (Fsp3) is 0.214. The van der Waals surface area contributed by atoms with Crippen LogP contribution in [0.3, 0.4) is 0 Å². The number of carbonyl (C=O) groups excluding carboxylic acids is 1. The summed E-state index contributed by atoms with van der Waals surface area (Å²) >= 11 is 7.22. The Morgan fingerprint density at radius 3 is 2.65 bits per heavy atom. The van der Waals surface area contributed by atoms with Gasteiger partial charge in [0.25, 0.3) is 5.91 Å². The van der Waals surface area contributed by atoms with Crippen molar-refractivity contribution in [2.75, 3.05) is 5.32 Å². The number of hydrogen-bond donors (Lipinski definition) is 1. The maximum atomic E-state index is 12.3. The Morgan fingerprint density at radius 2 is 2.00 bits per heavy atom. The van der Waals surface area contributed by atoms with Gasteiger partial charge in [-0.2, -0.15) is 0 Å². The highest BCUT2D eigenvalue weighted by atomic mass is 35.5. The van der Waals surface area contributed by atoms with Gasteiger partial charge in [0.1, 0.15) is 5.01 Å². The predicted molar refractivity (Wildman–Crippen MR) is 88.3 cm³/mol. The van der Waals surface area contributed by atoms with Gasteiger partial charge in [-0.05, 0) is 37.6 Å². The molecule has 0 radical (unpaired) electrons. The van der Waals surface area contributed by atoms with Crippen molar-refractivity contribution >= 4 is 34.0 Å². The smallest absolute Gasteiger partial charge is 0.279 e. The first-order valence-electron chi connectivity index (χ1n) is 6.90. The van der Waals surface area contributed by atoms with Crippen LogP contribution in [0.4, 0.5) is 5.13 Å². The average Bonchev–Trinajstić information content (AvgIpc) is 3.14. The Kier molecular flexibility index (Phi) is 4.35. The predicted octanol–water partition coefficient (Wildman–Crippen LogP) is 2.90. The van der Waals surface area contributed by atoms with E-state index in [2.05, 4.69) is 25.8 Å². The van der Waals surface area contributed by atoms with Crippen LogP contribution < -0.4 is 5.32 Å². The first-order chi connectivity index (χ1) is 11.1. The minimum atomic E-state index is -0.360. The highest BCUT2D eigenvalue weighted by Gasteiger charge is 2.18. The lowest BCUT2D eigenvalue weighted by Crippen LogP contribution is -2.14. The lowest BCUT2D eigenvalue weighted by atomic mass is 10.3. The molecule has 0 fully saturated rings. The van der Waals surface area contributed by atoms with E-state index in [-0.39, 0.29) is 11.6 Å². The monoisotopic (exact) mass is 348 g/mol. The number of rotatable bonds is 4. The van der Waals surface area contributed by atoms with E-state index in [1.807, 2.05) is 19.1 Å². The minimum Gasteiger partial charge on any atom is -0.295 e. The molecule has 3 aromatic rings. The summed E-state index contributed by atoms with van der Waals surface area (Å²) in [6, 6.07) is 7.13. The molecule has 0 aliphatic carbocycles. The third-order valence-corrected chi connectivity index (χ3v) is 4.41. The Hall–Kier alpha value is -2.32. The summed E-state index contributed by atoms with van der Waals surface area (Å²) in [5.74, 6) is -0.360. The van der Waals surface area contributed by atoms with Crippen LogP contribution in [0.1, 0.15) is 28.1 Å². The van der Waals surface area contributed by atoms with Crippen molar-refractivity contribution in [2.24, 2.45) is 0 Å². The van der Waals surface area contributed by atoms with Crippen LogP contribution in [0, 0.1) is 6.92 Å². The number of anilines is 1. The summed E-state index contributed by atoms with van der Waals surface area (Å²) in [4.78, 5) is 12.3. The van der Waals surface area contributed by atoms with Gasteiger partial charge in [0.2, 0.25) is 5.13 Å². The summed E-state index contributed by atoms with van der Waals surface area (Å²) < 4.78 is 1.59. The van der Waals surface area contributed by atoms with Gasteiger partial charge in [-0.15, -0.1) is 15.3 Å². The molecule has 118 valence electrons. The summed E-state index contributed by atoms with van der Waals surface area (Å²) in [6.45, 7) is 3.76. The number of nitrogens with zero attached hydrogens (tertiary/aromatic N) is 5. The van der Waals surface area contributed by atoms with Gasteiger partial charge in [0.15, 0.2) is 5.69 Å². The number of halogens is 1. The Bertz CT molecular complexity index is 841. The van der Waals surface area contributed by atoms with E-state index in [1.165, 1.54) is 11.3 Å². The van der Waals surface area contributed by atoms with Crippen LogP contribution in [0.2, 0.25) is 5.02 Å². The topological polar surface area (TPSA) is 85.6 Å². The molecule has 0 saturated heterocycles. The van der Waals surface area contributed by atoms with Gasteiger partial charge < -0.3 is 0 Å². The standard InChI is InChI=1S/C14H13ClN6OS/c1-3-11-17-19-14(23-11)16-13(22)12-8(2)21(20-18-12)10-6-4-9(15)5-7-10/h4-7H,3H2,1-2H3,(H,16,19,22). The van der Waals surface area contributed by atoms with E-state index < -0.39 is 0 Å². The molecule has 0 aliphatic rings. The van der Waals surface area contributed by atoms with Crippen molar-refractivity contribution < 1.29 is 4.79 Å². The maximum Gasteiger partial charge on any atom is 0.279 e. The SMILES string of the molecule is CCc1nnc(NC(=O)c2nnn(-c3ccc(Cl)cc3)c2C)s1. The normalized spacial score (nSPS) is 10.7. The van der Waals surface area contributed by atoms with Crippen molar-refractivity contribution in [3.8, 4) is 5.69 Å². The number of benzene rings is 1. The fourth-order valence-corrected chi connectivity index (χ4v) is 2.77. The van der Waals surface area contributed by atoms with Crippen molar-refractivity contribution in [1.29, 1.82) is 0 Å². The molecule has 1 amide bonds. The van der Waals surface area contributed by atoms with Crippen LogP contribution in [0.15, 0.2) is 24.3 Å². The van der Waals surface area contributed by atoms with E-state index in [0.717, 1.165) is 17.1 Å². The van der Waals surface area contributed by atoms with Crippen molar-refractivity contribution in [2.45, 2.75) is 20.3 Å². The molecule has 0 atom stereocenters. The maximum absolute atomic E-state index is 12.3. The summed E-state index contributed by atoms with van der Waals surface area (Å²) in [5.41, 5.74) is 1.65. The van der Waals surface area contributed by atoms with Gasteiger partial charge >= 0.3 is 0 Å². The van der Waals surface area contributed by atoms with Gasteiger partial charge in [-0.3, -0.25) is 10.1 Å². The van der Waals surface area contributed by atoms with Crippen LogP contribution >= 0.6 is 22.9 Å².